The van der Waals surface area contributed by atoms with E-state index in [0.717, 1.165) is 19.5 Å². The van der Waals surface area contributed by atoms with Gasteiger partial charge in [0.1, 0.15) is 6.17 Å². The fraction of sp³-hybridized carbons (Fsp3) is 0.478. The van der Waals surface area contributed by atoms with E-state index in [1.165, 1.54) is 43.2 Å². The molecule has 1 aliphatic rings. The first kappa shape index (κ1) is 18.1. The minimum Gasteiger partial charge on any atom is -0.292 e. The van der Waals surface area contributed by atoms with E-state index in [2.05, 4.69) is 53.4 Å². The lowest BCUT2D eigenvalue weighted by molar-refractivity contribution is 0.147. The van der Waals surface area contributed by atoms with Gasteiger partial charge in [-0.3, -0.25) is 4.90 Å². The fourth-order valence-electron chi connectivity index (χ4n) is 4.01. The first-order valence-electron chi connectivity index (χ1n) is 9.74. The van der Waals surface area contributed by atoms with Gasteiger partial charge in [-0.25, -0.2) is 4.39 Å². The van der Waals surface area contributed by atoms with Crippen molar-refractivity contribution in [2.24, 2.45) is 5.92 Å². The van der Waals surface area contributed by atoms with Crippen LogP contribution < -0.4 is 0 Å². The molecule has 0 aromatic heterocycles. The number of hydrogen-bond donors (Lipinski definition) is 0. The molecule has 1 unspecified atom stereocenters. The van der Waals surface area contributed by atoms with Gasteiger partial charge in [-0.2, -0.15) is 0 Å². The zero-order valence-corrected chi connectivity index (χ0v) is 15.1. The maximum Gasteiger partial charge on any atom is 0.113 e. The lowest BCUT2D eigenvalue weighted by Crippen LogP contribution is -2.31. The number of alkyl halides is 1. The largest absolute Gasteiger partial charge is 0.292 e. The lowest BCUT2D eigenvalue weighted by Gasteiger charge is -2.28. The maximum atomic E-state index is 14.8. The van der Waals surface area contributed by atoms with E-state index in [9.17, 15) is 4.39 Å². The topological polar surface area (TPSA) is 3.24 Å². The van der Waals surface area contributed by atoms with Gasteiger partial charge in [0.05, 0.1) is 0 Å². The molecule has 2 heteroatoms. The molecule has 1 fully saturated rings. The van der Waals surface area contributed by atoms with Crippen LogP contribution in [0.3, 0.4) is 0 Å². The smallest absolute Gasteiger partial charge is 0.113 e. The Morgan fingerprint density at radius 2 is 1.32 bits per heavy atom. The molecule has 0 heterocycles. The Balaban J connectivity index is 1.60. The van der Waals surface area contributed by atoms with Crippen molar-refractivity contribution in [3.05, 3.63) is 71.8 Å². The van der Waals surface area contributed by atoms with Crippen molar-refractivity contribution in [1.82, 2.24) is 4.90 Å². The van der Waals surface area contributed by atoms with Gasteiger partial charge in [0.15, 0.2) is 0 Å². The van der Waals surface area contributed by atoms with Crippen LogP contribution in [-0.2, 0) is 13.1 Å². The average molecular weight is 339 g/mol. The molecule has 1 aliphatic carbocycles. The zero-order chi connectivity index (χ0) is 17.3. The second-order valence-electron chi connectivity index (χ2n) is 7.48. The van der Waals surface area contributed by atoms with Crippen LogP contribution in [-0.4, -0.2) is 17.6 Å². The molecule has 134 valence electrons. The third-order valence-electron chi connectivity index (χ3n) is 5.27. The summed E-state index contributed by atoms with van der Waals surface area (Å²) in [5, 5.41) is 0. The Morgan fingerprint density at radius 3 is 1.84 bits per heavy atom. The number of halogens is 1. The van der Waals surface area contributed by atoms with Crippen molar-refractivity contribution in [3.8, 4) is 0 Å². The Labute approximate surface area is 151 Å². The third-order valence-corrected chi connectivity index (χ3v) is 5.27. The summed E-state index contributed by atoms with van der Waals surface area (Å²) in [4.78, 5) is 2.26. The van der Waals surface area contributed by atoms with Crippen LogP contribution in [0.2, 0.25) is 0 Å². The summed E-state index contributed by atoms with van der Waals surface area (Å²) in [6.07, 6.45) is 6.36. The Morgan fingerprint density at radius 1 is 0.800 bits per heavy atom. The number of benzene rings is 2. The van der Waals surface area contributed by atoms with Gasteiger partial charge in [-0.1, -0.05) is 92.8 Å². The summed E-state index contributed by atoms with van der Waals surface area (Å²) in [5.74, 6) is 0.596. The summed E-state index contributed by atoms with van der Waals surface area (Å²) in [7, 11) is 0. The van der Waals surface area contributed by atoms with Gasteiger partial charge < -0.3 is 0 Å². The standard InChI is InChI=1S/C23H30FN/c24-23(16-20-10-4-1-5-11-20)19-25(17-21-12-6-2-7-13-21)18-22-14-8-3-9-15-22/h2-3,6-9,12-15,20,23H,1,4-5,10-11,16-19H2. The van der Waals surface area contributed by atoms with Gasteiger partial charge in [0.25, 0.3) is 0 Å². The first-order chi connectivity index (χ1) is 12.3. The van der Waals surface area contributed by atoms with Gasteiger partial charge in [0.2, 0.25) is 0 Å². The van der Waals surface area contributed by atoms with E-state index in [0.29, 0.717) is 12.5 Å². The second-order valence-corrected chi connectivity index (χ2v) is 7.48. The average Bonchev–Trinajstić information content (AvgIpc) is 2.64. The fourth-order valence-corrected chi connectivity index (χ4v) is 4.01. The highest BCUT2D eigenvalue weighted by atomic mass is 19.1. The number of nitrogens with zero attached hydrogens (tertiary/aromatic N) is 1. The molecule has 1 atom stereocenters. The lowest BCUT2D eigenvalue weighted by atomic mass is 9.85. The van der Waals surface area contributed by atoms with Crippen LogP contribution in [0, 0.1) is 5.92 Å². The molecule has 25 heavy (non-hydrogen) atoms. The summed E-state index contributed by atoms with van der Waals surface area (Å²) in [6.45, 7) is 2.14. The van der Waals surface area contributed by atoms with Crippen LogP contribution in [0.4, 0.5) is 4.39 Å². The SMILES string of the molecule is FC(CC1CCCCC1)CN(Cc1ccccc1)Cc1ccccc1. The van der Waals surface area contributed by atoms with Crippen molar-refractivity contribution in [2.45, 2.75) is 57.8 Å². The predicted molar refractivity (Wildman–Crippen MR) is 103 cm³/mol. The molecule has 0 amide bonds. The highest BCUT2D eigenvalue weighted by Crippen LogP contribution is 2.28. The van der Waals surface area contributed by atoms with Crippen molar-refractivity contribution >= 4 is 0 Å². The maximum absolute atomic E-state index is 14.8. The van der Waals surface area contributed by atoms with Crippen molar-refractivity contribution < 1.29 is 4.39 Å². The van der Waals surface area contributed by atoms with Gasteiger partial charge in [-0.15, -0.1) is 0 Å². The van der Waals surface area contributed by atoms with E-state index >= 15 is 0 Å². The highest BCUT2D eigenvalue weighted by Gasteiger charge is 2.21. The van der Waals surface area contributed by atoms with E-state index in [1.807, 2.05) is 12.1 Å². The summed E-state index contributed by atoms with van der Waals surface area (Å²) in [6, 6.07) is 20.8. The van der Waals surface area contributed by atoms with E-state index in [4.69, 9.17) is 0 Å². The molecule has 1 saturated carbocycles. The van der Waals surface area contributed by atoms with Gasteiger partial charge in [0, 0.05) is 19.6 Å². The molecule has 0 aliphatic heterocycles. The Kier molecular flexibility index (Phi) is 7.05. The minimum atomic E-state index is -0.726. The molecule has 0 N–H and O–H groups in total. The molecule has 0 spiro atoms. The van der Waals surface area contributed by atoms with Gasteiger partial charge >= 0.3 is 0 Å². The monoisotopic (exact) mass is 339 g/mol. The Hall–Kier alpha value is -1.67. The molecule has 1 nitrogen and oxygen atoms in total. The number of rotatable bonds is 8. The summed E-state index contributed by atoms with van der Waals surface area (Å²) >= 11 is 0. The van der Waals surface area contributed by atoms with Crippen LogP contribution >= 0.6 is 0 Å². The van der Waals surface area contributed by atoms with Gasteiger partial charge in [-0.05, 0) is 23.5 Å². The van der Waals surface area contributed by atoms with Crippen molar-refractivity contribution in [3.63, 3.8) is 0 Å². The van der Waals surface area contributed by atoms with E-state index < -0.39 is 6.17 Å². The molecule has 3 rings (SSSR count). The van der Waals surface area contributed by atoms with Crippen molar-refractivity contribution in [1.29, 1.82) is 0 Å². The number of hydrogen-bond acceptors (Lipinski definition) is 1. The zero-order valence-electron chi connectivity index (χ0n) is 15.1. The molecular weight excluding hydrogens is 309 g/mol. The molecule has 2 aromatic carbocycles. The Bertz CT molecular complexity index is 551. The first-order valence-corrected chi connectivity index (χ1v) is 9.74. The van der Waals surface area contributed by atoms with Crippen LogP contribution in [0.1, 0.15) is 49.7 Å². The summed E-state index contributed by atoms with van der Waals surface area (Å²) < 4.78 is 14.8. The highest BCUT2D eigenvalue weighted by molar-refractivity contribution is 5.17. The summed E-state index contributed by atoms with van der Waals surface area (Å²) in [5.41, 5.74) is 2.51. The predicted octanol–water partition coefficient (Wildman–Crippen LogP) is 6.00. The third kappa shape index (κ3) is 6.28. The molecule has 0 saturated heterocycles. The molecule has 0 bridgehead atoms. The van der Waals surface area contributed by atoms with Crippen LogP contribution in [0.25, 0.3) is 0 Å². The van der Waals surface area contributed by atoms with E-state index in [-0.39, 0.29) is 0 Å². The molecular formula is C23H30FN. The van der Waals surface area contributed by atoms with Crippen LogP contribution in [0.5, 0.6) is 0 Å². The molecule has 0 radical (unpaired) electrons. The normalized spacial score (nSPS) is 16.9. The van der Waals surface area contributed by atoms with Crippen LogP contribution in [0.15, 0.2) is 60.7 Å². The van der Waals surface area contributed by atoms with E-state index in [1.54, 1.807) is 0 Å². The minimum absolute atomic E-state index is 0.528. The second kappa shape index (κ2) is 9.72. The quantitative estimate of drug-likeness (QED) is 0.570. The molecule has 2 aromatic rings. The van der Waals surface area contributed by atoms with Crippen molar-refractivity contribution in [2.75, 3.05) is 6.54 Å².